The molecule has 1 fully saturated rings. The Balaban J connectivity index is 1.63. The lowest BCUT2D eigenvalue weighted by molar-refractivity contribution is -0.140. The second-order valence-corrected chi connectivity index (χ2v) is 10.9. The fraction of sp³-hybridized carbons (Fsp3) is 0.400. The predicted molar refractivity (Wildman–Crippen MR) is 149 cm³/mol. The highest BCUT2D eigenvalue weighted by Crippen LogP contribution is 2.46. The summed E-state index contributed by atoms with van der Waals surface area (Å²) in [4.78, 5) is 27.4. The fourth-order valence-electron chi connectivity index (χ4n) is 5.84. The Hall–Kier alpha value is -2.78. The van der Waals surface area contributed by atoms with Gasteiger partial charge >= 0.3 is 0 Å². The quantitative estimate of drug-likeness (QED) is 0.189. The number of aliphatic hydroxyl groups is 3. The van der Waals surface area contributed by atoms with Crippen molar-refractivity contribution >= 4 is 39.4 Å². The highest BCUT2D eigenvalue weighted by molar-refractivity contribution is 9.10. The maximum atomic E-state index is 13.2. The van der Waals surface area contributed by atoms with Crippen LogP contribution in [-0.4, -0.2) is 63.0 Å². The Bertz CT molecular complexity index is 1240. The average Bonchev–Trinajstić information content (AvgIpc) is 3.16. The number of imide groups is 1. The van der Waals surface area contributed by atoms with Gasteiger partial charge in [-0.2, -0.15) is 0 Å². The Labute approximate surface area is 231 Å². The van der Waals surface area contributed by atoms with E-state index in [4.69, 9.17) is 0 Å². The summed E-state index contributed by atoms with van der Waals surface area (Å²) in [5, 5.41) is 42.3. The maximum absolute atomic E-state index is 13.2. The van der Waals surface area contributed by atoms with Gasteiger partial charge in [-0.05, 0) is 72.2 Å². The third-order valence-corrected chi connectivity index (χ3v) is 8.11. The first-order valence-electron chi connectivity index (χ1n) is 13.0. The van der Waals surface area contributed by atoms with Gasteiger partial charge in [0.15, 0.2) is 0 Å². The molecule has 2 aliphatic rings. The molecule has 4 rings (SSSR count). The summed E-state index contributed by atoms with van der Waals surface area (Å²) in [6.07, 6.45) is 2.39. The second kappa shape index (κ2) is 12.4. The van der Waals surface area contributed by atoms with Crippen molar-refractivity contribution in [2.24, 2.45) is 17.8 Å². The van der Waals surface area contributed by atoms with Crippen molar-refractivity contribution < 1.29 is 30.0 Å². The Morgan fingerprint density at radius 1 is 1.13 bits per heavy atom. The third-order valence-electron chi connectivity index (χ3n) is 7.62. The number of benzene rings is 2. The fourth-order valence-corrected chi connectivity index (χ4v) is 6.22. The average molecular weight is 585 g/mol. The molecule has 7 nitrogen and oxygen atoms in total. The van der Waals surface area contributed by atoms with Crippen molar-refractivity contribution in [3.8, 4) is 5.75 Å². The zero-order valence-electron chi connectivity index (χ0n) is 21.4. The number of aromatic hydroxyl groups is 1. The molecule has 0 unspecified atom stereocenters. The normalized spacial score (nSPS) is 22.7. The van der Waals surface area contributed by atoms with E-state index in [9.17, 15) is 30.0 Å². The number of rotatable bonds is 10. The van der Waals surface area contributed by atoms with Crippen LogP contribution in [0.1, 0.15) is 43.7 Å². The van der Waals surface area contributed by atoms with E-state index in [0.717, 1.165) is 15.6 Å². The number of carbonyl (C=O) groups excluding carboxylic acids is 2. The third kappa shape index (κ3) is 5.64. The van der Waals surface area contributed by atoms with Crippen LogP contribution in [0.4, 0.5) is 0 Å². The minimum Gasteiger partial charge on any atom is -0.507 e. The Morgan fingerprint density at radius 3 is 2.53 bits per heavy atom. The number of halogens is 1. The minimum absolute atomic E-state index is 0.132. The van der Waals surface area contributed by atoms with E-state index < -0.39 is 30.5 Å². The van der Waals surface area contributed by atoms with E-state index in [0.29, 0.717) is 36.1 Å². The number of carbonyl (C=O) groups is 2. The summed E-state index contributed by atoms with van der Waals surface area (Å²) < 4.78 is 0.821. The first-order chi connectivity index (χ1) is 18.3. The van der Waals surface area contributed by atoms with Crippen LogP contribution in [0.3, 0.4) is 0 Å². The zero-order valence-corrected chi connectivity index (χ0v) is 23.0. The molecule has 202 valence electrons. The van der Waals surface area contributed by atoms with Crippen LogP contribution in [-0.2, 0) is 9.59 Å². The Morgan fingerprint density at radius 2 is 1.87 bits per heavy atom. The lowest BCUT2D eigenvalue weighted by Crippen LogP contribution is -2.39. The molecule has 2 aromatic rings. The van der Waals surface area contributed by atoms with Gasteiger partial charge in [-0.25, -0.2) is 0 Å². The summed E-state index contributed by atoms with van der Waals surface area (Å²) in [6.45, 7) is 1.46. The molecule has 2 aromatic carbocycles. The molecule has 8 heteroatoms. The summed E-state index contributed by atoms with van der Waals surface area (Å²) in [5.74, 6) is -2.53. The summed E-state index contributed by atoms with van der Waals surface area (Å²) in [6, 6.07) is 14.8. The summed E-state index contributed by atoms with van der Waals surface area (Å²) in [5.41, 5.74) is 3.44. The van der Waals surface area contributed by atoms with Gasteiger partial charge in [-0.15, -0.1) is 0 Å². The van der Waals surface area contributed by atoms with Crippen LogP contribution >= 0.6 is 15.9 Å². The van der Waals surface area contributed by atoms with E-state index in [1.54, 1.807) is 12.1 Å². The number of likely N-dealkylation sites (tertiary alicyclic amines) is 1. The number of hydrogen-bond donors (Lipinski definition) is 4. The van der Waals surface area contributed by atoms with E-state index in [2.05, 4.69) is 15.9 Å². The molecular formula is C30H34BrNO6. The summed E-state index contributed by atoms with van der Waals surface area (Å²) >= 11 is 3.44. The lowest BCUT2D eigenvalue weighted by Gasteiger charge is -2.36. The van der Waals surface area contributed by atoms with Crippen LogP contribution in [0.5, 0.6) is 5.75 Å². The molecule has 0 saturated carbocycles. The number of amides is 2. The van der Waals surface area contributed by atoms with Crippen LogP contribution in [0.2, 0.25) is 0 Å². The molecule has 4 atom stereocenters. The minimum atomic E-state index is -1.03. The predicted octanol–water partition coefficient (Wildman–Crippen LogP) is 4.15. The van der Waals surface area contributed by atoms with Gasteiger partial charge < -0.3 is 20.4 Å². The molecule has 4 N–H and O–H groups in total. The van der Waals surface area contributed by atoms with Crippen molar-refractivity contribution in [2.75, 3.05) is 19.8 Å². The van der Waals surface area contributed by atoms with E-state index in [-0.39, 0.29) is 37.0 Å². The number of phenolic OH excluding ortho intramolecular Hbond substituents is 1. The van der Waals surface area contributed by atoms with E-state index in [1.807, 2.05) is 49.4 Å². The van der Waals surface area contributed by atoms with Gasteiger partial charge in [0, 0.05) is 22.5 Å². The molecule has 0 aromatic heterocycles. The number of phenols is 1. The van der Waals surface area contributed by atoms with Crippen molar-refractivity contribution in [2.45, 2.75) is 38.7 Å². The van der Waals surface area contributed by atoms with E-state index >= 15 is 0 Å². The first-order valence-corrected chi connectivity index (χ1v) is 13.8. The molecule has 1 aliphatic heterocycles. The molecule has 1 heterocycles. The molecule has 2 amide bonds. The number of allylic oxidation sites excluding steroid dienone is 1. The van der Waals surface area contributed by atoms with Gasteiger partial charge in [0.05, 0.1) is 31.2 Å². The molecule has 1 aliphatic carbocycles. The summed E-state index contributed by atoms with van der Waals surface area (Å²) in [7, 11) is 0. The molecule has 0 radical (unpaired) electrons. The van der Waals surface area contributed by atoms with Crippen LogP contribution in [0, 0.1) is 17.8 Å². The maximum Gasteiger partial charge on any atom is 0.233 e. The Kier molecular flexibility index (Phi) is 9.20. The highest BCUT2D eigenvalue weighted by atomic mass is 79.9. The second-order valence-electron chi connectivity index (χ2n) is 9.96. The van der Waals surface area contributed by atoms with Crippen molar-refractivity contribution in [1.82, 2.24) is 4.90 Å². The standard InChI is InChI=1S/C30H34BrNO6/c1-2-12-32-29(37)23-15-21(16-33)27(24(17-34)28(23)30(32)38)26(36)10-8-19(18-6-4-3-5-7-18)13-20-14-22(31)9-11-25(20)35/h3-7,9,11,13-14,23-24,26,28,33-36H,2,8,10,12,15-17H2,1H3/b19-13-/t23-,24+,26-,28-/m1/s1. The SMILES string of the molecule is CCCN1C(=O)[C@@H]2[C@@H](CC(CO)=C([C@H](O)CC/C(=C/c3cc(Br)ccc3O)c3ccccc3)[C@@H]2CO)C1=O. The monoisotopic (exact) mass is 583 g/mol. The molecule has 0 bridgehead atoms. The highest BCUT2D eigenvalue weighted by Gasteiger charge is 2.54. The largest absolute Gasteiger partial charge is 0.507 e. The van der Waals surface area contributed by atoms with Gasteiger partial charge in [-0.1, -0.05) is 53.2 Å². The zero-order chi connectivity index (χ0) is 27.4. The topological polar surface area (TPSA) is 118 Å². The van der Waals surface area contributed by atoms with Crippen molar-refractivity contribution in [1.29, 1.82) is 0 Å². The van der Waals surface area contributed by atoms with Crippen molar-refractivity contribution in [3.63, 3.8) is 0 Å². The first kappa shape index (κ1) is 28.2. The van der Waals surface area contributed by atoms with Crippen LogP contribution in [0.25, 0.3) is 11.6 Å². The number of fused-ring (bicyclic) bond motifs is 1. The molecule has 38 heavy (non-hydrogen) atoms. The molecule has 0 spiro atoms. The van der Waals surface area contributed by atoms with Crippen LogP contribution < -0.4 is 0 Å². The van der Waals surface area contributed by atoms with Gasteiger partial charge in [0.25, 0.3) is 0 Å². The van der Waals surface area contributed by atoms with Crippen LogP contribution in [0.15, 0.2) is 64.1 Å². The van der Waals surface area contributed by atoms with Gasteiger partial charge in [-0.3, -0.25) is 14.5 Å². The number of hydrogen-bond acceptors (Lipinski definition) is 6. The van der Waals surface area contributed by atoms with Gasteiger partial charge in [0.1, 0.15) is 5.75 Å². The lowest BCUT2D eigenvalue weighted by atomic mass is 9.68. The van der Waals surface area contributed by atoms with Gasteiger partial charge in [0.2, 0.25) is 11.8 Å². The van der Waals surface area contributed by atoms with Crippen molar-refractivity contribution in [3.05, 3.63) is 75.3 Å². The van der Waals surface area contributed by atoms with E-state index in [1.165, 1.54) is 4.90 Å². The smallest absolute Gasteiger partial charge is 0.233 e. The molecule has 1 saturated heterocycles. The number of nitrogens with zero attached hydrogens (tertiary/aromatic N) is 1. The molecular weight excluding hydrogens is 550 g/mol. The number of aliphatic hydroxyl groups excluding tert-OH is 3.